The molecule has 0 radical (unpaired) electrons. The molecule has 6 heteroatoms. The zero-order valence-electron chi connectivity index (χ0n) is 15.9. The van der Waals surface area contributed by atoms with E-state index in [0.717, 1.165) is 31.5 Å². The van der Waals surface area contributed by atoms with E-state index < -0.39 is 5.97 Å². The van der Waals surface area contributed by atoms with Gasteiger partial charge < -0.3 is 14.4 Å². The predicted octanol–water partition coefficient (Wildman–Crippen LogP) is 2.61. The number of pyridine rings is 1. The van der Waals surface area contributed by atoms with Gasteiger partial charge in [0, 0.05) is 5.69 Å². The summed E-state index contributed by atoms with van der Waals surface area (Å²) in [6.45, 7) is 3.26. The van der Waals surface area contributed by atoms with Crippen LogP contribution in [0.3, 0.4) is 0 Å². The molecular weight excluding hydrogens is 344 g/mol. The highest BCUT2D eigenvalue weighted by molar-refractivity contribution is 5.69. The Kier molecular flexibility index (Phi) is 5.96. The largest absolute Gasteiger partial charge is 0.507 e. The Balaban J connectivity index is 2.15. The van der Waals surface area contributed by atoms with Crippen molar-refractivity contribution < 1.29 is 14.6 Å². The third kappa shape index (κ3) is 4.06. The number of methoxy groups -OCH3 is 1. The first-order chi connectivity index (χ1) is 13.0. The van der Waals surface area contributed by atoms with Crippen molar-refractivity contribution >= 4 is 5.97 Å². The lowest BCUT2D eigenvalue weighted by atomic mass is 9.94. The van der Waals surface area contributed by atoms with Gasteiger partial charge in [-0.3, -0.25) is 14.5 Å². The van der Waals surface area contributed by atoms with Crippen LogP contribution in [0.1, 0.15) is 42.1 Å². The summed E-state index contributed by atoms with van der Waals surface area (Å²) in [5.74, 6) is -0.524. The SMILES string of the molecule is COC(=O)Cn1c(C)cc(O)c(C(c2ccccc2)N2CCCCC2)c1=O. The predicted molar refractivity (Wildman–Crippen MR) is 103 cm³/mol. The first-order valence-electron chi connectivity index (χ1n) is 9.32. The van der Waals surface area contributed by atoms with E-state index in [-0.39, 0.29) is 23.9 Å². The molecule has 0 spiro atoms. The highest BCUT2D eigenvalue weighted by Gasteiger charge is 2.30. The van der Waals surface area contributed by atoms with Gasteiger partial charge in [0.15, 0.2) is 0 Å². The summed E-state index contributed by atoms with van der Waals surface area (Å²) in [4.78, 5) is 27.3. The standard InChI is InChI=1S/C21H26N2O4/c1-15-13-17(24)19(21(26)23(15)14-18(25)27-2)20(16-9-5-3-6-10-16)22-11-7-4-8-12-22/h3,5-6,9-10,13,20,24H,4,7-8,11-12,14H2,1-2H3. The number of hydrogen-bond acceptors (Lipinski definition) is 5. The summed E-state index contributed by atoms with van der Waals surface area (Å²) in [7, 11) is 1.30. The van der Waals surface area contributed by atoms with Crippen LogP contribution in [0.4, 0.5) is 0 Å². The van der Waals surface area contributed by atoms with Crippen LogP contribution >= 0.6 is 0 Å². The monoisotopic (exact) mass is 370 g/mol. The second-order valence-electron chi connectivity index (χ2n) is 6.96. The van der Waals surface area contributed by atoms with Crippen LogP contribution in [0.2, 0.25) is 0 Å². The normalized spacial score (nSPS) is 16.1. The van der Waals surface area contributed by atoms with Crippen molar-refractivity contribution in [3.63, 3.8) is 0 Å². The molecule has 1 unspecified atom stereocenters. The van der Waals surface area contributed by atoms with E-state index in [1.54, 1.807) is 13.0 Å². The number of piperidine rings is 1. The molecule has 0 saturated carbocycles. The lowest BCUT2D eigenvalue weighted by Gasteiger charge is -2.35. The number of carbonyl (C=O) groups excluding carboxylic acids is 1. The van der Waals surface area contributed by atoms with E-state index in [1.807, 2.05) is 30.3 Å². The molecule has 1 atom stereocenters. The van der Waals surface area contributed by atoms with Gasteiger partial charge in [0.25, 0.3) is 5.56 Å². The van der Waals surface area contributed by atoms with Gasteiger partial charge in [0.1, 0.15) is 12.3 Å². The van der Waals surface area contributed by atoms with Crippen molar-refractivity contribution in [1.82, 2.24) is 9.47 Å². The molecular formula is C21H26N2O4. The second-order valence-corrected chi connectivity index (χ2v) is 6.96. The smallest absolute Gasteiger partial charge is 0.325 e. The van der Waals surface area contributed by atoms with E-state index in [1.165, 1.54) is 18.1 Å². The Morgan fingerprint density at radius 1 is 1.19 bits per heavy atom. The number of benzene rings is 1. The van der Waals surface area contributed by atoms with Crippen LogP contribution in [0.15, 0.2) is 41.2 Å². The second kappa shape index (κ2) is 8.39. The minimum atomic E-state index is -0.494. The van der Waals surface area contributed by atoms with Crippen LogP contribution in [0, 0.1) is 6.92 Å². The number of nitrogens with zero attached hydrogens (tertiary/aromatic N) is 2. The maximum absolute atomic E-state index is 13.3. The number of carbonyl (C=O) groups is 1. The Labute approximate surface area is 159 Å². The lowest BCUT2D eigenvalue weighted by molar-refractivity contribution is -0.141. The van der Waals surface area contributed by atoms with Crippen molar-refractivity contribution in [1.29, 1.82) is 0 Å². The van der Waals surface area contributed by atoms with Crippen LogP contribution in [-0.4, -0.2) is 40.7 Å². The molecule has 1 aliphatic heterocycles. The quantitative estimate of drug-likeness (QED) is 0.819. The number of ether oxygens (including phenoxy) is 1. The first-order valence-corrected chi connectivity index (χ1v) is 9.32. The molecule has 6 nitrogen and oxygen atoms in total. The topological polar surface area (TPSA) is 71.8 Å². The number of likely N-dealkylation sites (tertiary alicyclic amines) is 1. The summed E-state index contributed by atoms with van der Waals surface area (Å²) in [5, 5.41) is 10.7. The van der Waals surface area contributed by atoms with Gasteiger partial charge in [-0.1, -0.05) is 36.8 Å². The van der Waals surface area contributed by atoms with Crippen molar-refractivity contribution in [3.8, 4) is 5.75 Å². The Morgan fingerprint density at radius 2 is 1.85 bits per heavy atom. The van der Waals surface area contributed by atoms with E-state index in [4.69, 9.17) is 4.74 Å². The third-order valence-corrected chi connectivity index (χ3v) is 5.18. The molecule has 27 heavy (non-hydrogen) atoms. The molecule has 2 heterocycles. The van der Waals surface area contributed by atoms with Gasteiger partial charge in [-0.2, -0.15) is 0 Å². The highest BCUT2D eigenvalue weighted by atomic mass is 16.5. The molecule has 1 aliphatic rings. The molecule has 2 aromatic rings. The fourth-order valence-corrected chi connectivity index (χ4v) is 3.79. The van der Waals surface area contributed by atoms with Gasteiger partial charge in [-0.05, 0) is 44.5 Å². The van der Waals surface area contributed by atoms with Gasteiger partial charge >= 0.3 is 5.97 Å². The fourth-order valence-electron chi connectivity index (χ4n) is 3.79. The van der Waals surface area contributed by atoms with Crippen LogP contribution in [-0.2, 0) is 16.1 Å². The zero-order valence-corrected chi connectivity index (χ0v) is 15.9. The number of aromatic hydroxyl groups is 1. The molecule has 3 rings (SSSR count). The molecule has 0 amide bonds. The Bertz CT molecular complexity index is 854. The number of aromatic nitrogens is 1. The molecule has 1 N–H and O–H groups in total. The minimum absolute atomic E-state index is 0.0296. The third-order valence-electron chi connectivity index (χ3n) is 5.18. The number of aryl methyl sites for hydroxylation is 1. The Hall–Kier alpha value is -2.60. The maximum Gasteiger partial charge on any atom is 0.325 e. The molecule has 1 aromatic heterocycles. The van der Waals surface area contributed by atoms with E-state index in [0.29, 0.717) is 11.3 Å². The van der Waals surface area contributed by atoms with Gasteiger partial charge in [-0.15, -0.1) is 0 Å². The average Bonchev–Trinajstić information content (AvgIpc) is 2.69. The van der Waals surface area contributed by atoms with Gasteiger partial charge in [0.2, 0.25) is 0 Å². The minimum Gasteiger partial charge on any atom is -0.507 e. The maximum atomic E-state index is 13.3. The van der Waals surface area contributed by atoms with E-state index in [2.05, 4.69) is 4.90 Å². The Morgan fingerprint density at radius 3 is 2.48 bits per heavy atom. The van der Waals surface area contributed by atoms with Gasteiger partial charge in [-0.25, -0.2) is 0 Å². The van der Waals surface area contributed by atoms with Crippen molar-refractivity contribution in [2.75, 3.05) is 20.2 Å². The first kappa shape index (κ1) is 19.2. The lowest BCUT2D eigenvalue weighted by Crippen LogP contribution is -2.39. The van der Waals surface area contributed by atoms with Crippen molar-refractivity contribution in [2.45, 2.75) is 38.8 Å². The number of esters is 1. The van der Waals surface area contributed by atoms with Crippen LogP contribution < -0.4 is 5.56 Å². The average molecular weight is 370 g/mol. The zero-order chi connectivity index (χ0) is 19.4. The van der Waals surface area contributed by atoms with Crippen molar-refractivity contribution in [3.05, 3.63) is 63.6 Å². The molecule has 0 aliphatic carbocycles. The number of hydrogen-bond donors (Lipinski definition) is 1. The van der Waals surface area contributed by atoms with E-state index >= 15 is 0 Å². The highest BCUT2D eigenvalue weighted by Crippen LogP contribution is 2.34. The summed E-state index contributed by atoms with van der Waals surface area (Å²) in [5.41, 5.74) is 1.45. The molecule has 144 valence electrons. The summed E-state index contributed by atoms with van der Waals surface area (Å²) < 4.78 is 6.10. The van der Waals surface area contributed by atoms with E-state index in [9.17, 15) is 14.7 Å². The number of rotatable bonds is 5. The molecule has 0 bridgehead atoms. The summed E-state index contributed by atoms with van der Waals surface area (Å²) in [6, 6.07) is 11.0. The molecule has 1 saturated heterocycles. The fraction of sp³-hybridized carbons (Fsp3) is 0.429. The summed E-state index contributed by atoms with van der Waals surface area (Å²) in [6.07, 6.45) is 3.29. The molecule has 1 fully saturated rings. The molecule has 1 aromatic carbocycles. The van der Waals surface area contributed by atoms with Crippen LogP contribution in [0.25, 0.3) is 0 Å². The van der Waals surface area contributed by atoms with Crippen molar-refractivity contribution in [2.24, 2.45) is 0 Å². The summed E-state index contributed by atoms with van der Waals surface area (Å²) >= 11 is 0. The van der Waals surface area contributed by atoms with Gasteiger partial charge in [0.05, 0.1) is 18.7 Å². The van der Waals surface area contributed by atoms with Crippen LogP contribution in [0.5, 0.6) is 5.75 Å².